The Kier molecular flexibility index (Phi) is 5.17. The summed E-state index contributed by atoms with van der Waals surface area (Å²) in [6.07, 6.45) is 0. The Balaban J connectivity index is 2.08. The number of aryl methyl sites for hydroxylation is 3. The molecule has 0 saturated heterocycles. The molecule has 27 heavy (non-hydrogen) atoms. The molecule has 0 atom stereocenters. The van der Waals surface area contributed by atoms with Gasteiger partial charge in [0, 0.05) is 12.2 Å². The monoisotopic (exact) mass is 362 g/mol. The molecule has 3 rings (SSSR count). The Labute approximate surface area is 160 Å². The van der Waals surface area contributed by atoms with E-state index in [1.165, 1.54) is 4.90 Å². The molecule has 0 bridgehead atoms. The normalized spacial score (nSPS) is 14.5. The number of carbonyl (C=O) groups is 2. The molecule has 0 radical (unpaired) electrons. The molecule has 0 saturated carbocycles. The molecule has 2 aromatic carbocycles. The maximum absolute atomic E-state index is 13.1. The number of rotatable bonds is 5. The minimum atomic E-state index is -0.260. The predicted octanol–water partition coefficient (Wildman–Crippen LogP) is 4.46. The van der Waals surface area contributed by atoms with Crippen molar-refractivity contribution < 1.29 is 9.59 Å². The van der Waals surface area contributed by atoms with Gasteiger partial charge in [-0.05, 0) is 43.9 Å². The largest absolute Gasteiger partial charge is 0.350 e. The highest BCUT2D eigenvalue weighted by molar-refractivity contribution is 6.36. The highest BCUT2D eigenvalue weighted by atomic mass is 16.2. The number of nitrogens with one attached hydrogen (secondary N) is 1. The van der Waals surface area contributed by atoms with Crippen molar-refractivity contribution in [1.29, 1.82) is 0 Å². The molecule has 140 valence electrons. The maximum Gasteiger partial charge on any atom is 0.278 e. The minimum absolute atomic E-state index is 0.206. The van der Waals surface area contributed by atoms with E-state index >= 15 is 0 Å². The Morgan fingerprint density at radius 3 is 2.11 bits per heavy atom. The van der Waals surface area contributed by atoms with Crippen molar-refractivity contribution in [3.8, 4) is 0 Å². The molecular weight excluding hydrogens is 336 g/mol. The number of imide groups is 1. The highest BCUT2D eigenvalue weighted by Gasteiger charge is 2.39. The van der Waals surface area contributed by atoms with Crippen molar-refractivity contribution in [2.45, 2.75) is 34.6 Å². The molecule has 0 spiro atoms. The lowest BCUT2D eigenvalue weighted by atomic mass is 10.0. The van der Waals surface area contributed by atoms with Crippen molar-refractivity contribution in [2.24, 2.45) is 5.92 Å². The van der Waals surface area contributed by atoms with Crippen LogP contribution in [0.3, 0.4) is 0 Å². The van der Waals surface area contributed by atoms with Crippen LogP contribution in [-0.4, -0.2) is 23.3 Å². The van der Waals surface area contributed by atoms with Crippen LogP contribution in [0, 0.1) is 26.7 Å². The summed E-state index contributed by atoms with van der Waals surface area (Å²) in [6.45, 7) is 10.4. The third-order valence-electron chi connectivity index (χ3n) is 4.70. The van der Waals surface area contributed by atoms with Crippen LogP contribution >= 0.6 is 0 Å². The Hall–Kier alpha value is -2.88. The average Bonchev–Trinajstić information content (AvgIpc) is 2.82. The van der Waals surface area contributed by atoms with Crippen molar-refractivity contribution in [2.75, 3.05) is 11.9 Å². The van der Waals surface area contributed by atoms with E-state index in [0.29, 0.717) is 17.8 Å². The summed E-state index contributed by atoms with van der Waals surface area (Å²) in [7, 11) is 0. The predicted molar refractivity (Wildman–Crippen MR) is 109 cm³/mol. The zero-order valence-electron chi connectivity index (χ0n) is 16.6. The Bertz CT molecular complexity index is 924. The SMILES string of the molecule is Cc1ccc(C2=C(Nc3ccc(C)cc3C)C(=O)N(CC(C)C)C2=O)cc1. The molecular formula is C23H26N2O2. The van der Waals surface area contributed by atoms with Crippen LogP contribution in [0.25, 0.3) is 5.57 Å². The fraction of sp³-hybridized carbons (Fsp3) is 0.304. The molecule has 4 heteroatoms. The lowest BCUT2D eigenvalue weighted by Gasteiger charge is -2.17. The zero-order chi connectivity index (χ0) is 19.7. The lowest BCUT2D eigenvalue weighted by Crippen LogP contribution is -2.35. The second-order valence-electron chi connectivity index (χ2n) is 7.67. The standard InChI is InChI=1S/C23H26N2O2/c1-14(2)13-25-22(26)20(18-9-6-15(3)7-10-18)21(23(25)27)24-19-11-8-16(4)12-17(19)5/h6-12,14,24H,13H2,1-5H3. The Morgan fingerprint density at radius 1 is 0.889 bits per heavy atom. The van der Waals surface area contributed by atoms with Gasteiger partial charge < -0.3 is 5.32 Å². The van der Waals surface area contributed by atoms with Crippen LogP contribution in [0.2, 0.25) is 0 Å². The van der Waals surface area contributed by atoms with E-state index in [4.69, 9.17) is 0 Å². The summed E-state index contributed by atoms with van der Waals surface area (Å²) in [5.41, 5.74) is 5.70. The molecule has 0 aromatic heterocycles. The van der Waals surface area contributed by atoms with Crippen LogP contribution in [0.1, 0.15) is 36.1 Å². The summed E-state index contributed by atoms with van der Waals surface area (Å²) in [5.74, 6) is -0.285. The number of carbonyl (C=O) groups excluding carboxylic acids is 2. The van der Waals surface area contributed by atoms with Crippen molar-refractivity contribution in [3.63, 3.8) is 0 Å². The quantitative estimate of drug-likeness (QED) is 0.799. The van der Waals surface area contributed by atoms with Gasteiger partial charge in [-0.25, -0.2) is 0 Å². The van der Waals surface area contributed by atoms with E-state index in [1.807, 2.05) is 71.0 Å². The van der Waals surface area contributed by atoms with Crippen LogP contribution < -0.4 is 5.32 Å². The van der Waals surface area contributed by atoms with Gasteiger partial charge >= 0.3 is 0 Å². The molecule has 1 aliphatic heterocycles. The number of amides is 2. The fourth-order valence-electron chi connectivity index (χ4n) is 3.30. The summed E-state index contributed by atoms with van der Waals surface area (Å²) >= 11 is 0. The first kappa shape index (κ1) is 18.9. The zero-order valence-corrected chi connectivity index (χ0v) is 16.6. The molecule has 4 nitrogen and oxygen atoms in total. The number of hydrogen-bond acceptors (Lipinski definition) is 3. The van der Waals surface area contributed by atoms with E-state index < -0.39 is 0 Å². The van der Waals surface area contributed by atoms with Gasteiger partial charge in [-0.15, -0.1) is 0 Å². The molecule has 0 unspecified atom stereocenters. The van der Waals surface area contributed by atoms with Crippen LogP contribution in [0.5, 0.6) is 0 Å². The molecule has 1 aliphatic rings. The van der Waals surface area contributed by atoms with E-state index in [-0.39, 0.29) is 17.7 Å². The van der Waals surface area contributed by atoms with E-state index in [9.17, 15) is 9.59 Å². The first-order valence-electron chi connectivity index (χ1n) is 9.29. The molecule has 1 N–H and O–H groups in total. The number of nitrogens with zero attached hydrogens (tertiary/aromatic N) is 1. The maximum atomic E-state index is 13.1. The van der Waals surface area contributed by atoms with Crippen molar-refractivity contribution >= 4 is 23.1 Å². The molecule has 0 fully saturated rings. The topological polar surface area (TPSA) is 49.4 Å². The van der Waals surface area contributed by atoms with Gasteiger partial charge in [0.05, 0.1) is 5.57 Å². The van der Waals surface area contributed by atoms with Gasteiger partial charge in [0.1, 0.15) is 5.70 Å². The van der Waals surface area contributed by atoms with Crippen molar-refractivity contribution in [1.82, 2.24) is 4.90 Å². The lowest BCUT2D eigenvalue weighted by molar-refractivity contribution is -0.137. The summed E-state index contributed by atoms with van der Waals surface area (Å²) in [5, 5.41) is 3.25. The molecule has 0 aliphatic carbocycles. The number of benzene rings is 2. The fourth-order valence-corrected chi connectivity index (χ4v) is 3.30. The van der Waals surface area contributed by atoms with Gasteiger partial charge in [0.25, 0.3) is 11.8 Å². The first-order valence-corrected chi connectivity index (χ1v) is 9.29. The van der Waals surface area contributed by atoms with Crippen LogP contribution in [0.4, 0.5) is 5.69 Å². The van der Waals surface area contributed by atoms with E-state index in [2.05, 4.69) is 11.4 Å². The highest BCUT2D eigenvalue weighted by Crippen LogP contribution is 2.32. The number of hydrogen-bond donors (Lipinski definition) is 1. The van der Waals surface area contributed by atoms with Crippen LogP contribution in [0.15, 0.2) is 48.2 Å². The minimum Gasteiger partial charge on any atom is -0.350 e. The second-order valence-corrected chi connectivity index (χ2v) is 7.67. The second kappa shape index (κ2) is 7.39. The summed E-state index contributed by atoms with van der Waals surface area (Å²) < 4.78 is 0. The molecule has 2 amide bonds. The number of anilines is 1. The van der Waals surface area contributed by atoms with E-state index in [1.54, 1.807) is 0 Å². The van der Waals surface area contributed by atoms with Gasteiger partial charge in [-0.1, -0.05) is 61.4 Å². The average molecular weight is 362 g/mol. The van der Waals surface area contributed by atoms with Gasteiger partial charge in [0.15, 0.2) is 0 Å². The summed E-state index contributed by atoms with van der Waals surface area (Å²) in [6, 6.07) is 13.7. The first-order chi connectivity index (χ1) is 12.8. The van der Waals surface area contributed by atoms with Gasteiger partial charge in [0.2, 0.25) is 0 Å². The van der Waals surface area contributed by atoms with E-state index in [0.717, 1.165) is 27.9 Å². The third-order valence-corrected chi connectivity index (χ3v) is 4.70. The van der Waals surface area contributed by atoms with Crippen molar-refractivity contribution in [3.05, 3.63) is 70.4 Å². The smallest absolute Gasteiger partial charge is 0.278 e. The van der Waals surface area contributed by atoms with Gasteiger partial charge in [-0.2, -0.15) is 0 Å². The van der Waals surface area contributed by atoms with Crippen LogP contribution in [-0.2, 0) is 9.59 Å². The molecule has 1 heterocycles. The molecule has 2 aromatic rings. The third kappa shape index (κ3) is 3.80. The Morgan fingerprint density at radius 2 is 1.52 bits per heavy atom. The summed E-state index contributed by atoms with van der Waals surface area (Å²) in [4.78, 5) is 27.5. The van der Waals surface area contributed by atoms with Gasteiger partial charge in [-0.3, -0.25) is 14.5 Å².